The Kier molecular flexibility index (Phi) is 9.52. The molecule has 10 heteroatoms. The highest BCUT2D eigenvalue weighted by Gasteiger charge is 2.13. The number of aliphatic carboxylic acids is 2. The van der Waals surface area contributed by atoms with Gasteiger partial charge >= 0.3 is 11.9 Å². The topological polar surface area (TPSA) is 121 Å². The summed E-state index contributed by atoms with van der Waals surface area (Å²) in [7, 11) is 4.20. The number of nitrogens with one attached hydrogen (secondary N) is 1. The molecule has 0 aliphatic heterocycles. The lowest BCUT2D eigenvalue weighted by atomic mass is 10.1. The molecule has 0 bridgehead atoms. The Morgan fingerprint density at radius 1 is 0.972 bits per heavy atom. The van der Waals surface area contributed by atoms with Gasteiger partial charge in [-0.25, -0.2) is 14.6 Å². The van der Waals surface area contributed by atoms with Gasteiger partial charge < -0.3 is 25.0 Å². The van der Waals surface area contributed by atoms with E-state index in [0.29, 0.717) is 0 Å². The van der Waals surface area contributed by atoms with Crippen LogP contribution in [0, 0.1) is 0 Å². The SMILES string of the molecule is CN(C)CCCNCc1ccc(-c2nc(Cl)nc3c2ccn3-c2ccccc2)cc1.O=C(O)C(=O)O. The lowest BCUT2D eigenvalue weighted by Crippen LogP contribution is -2.20. The van der Waals surface area contributed by atoms with Gasteiger partial charge in [0.25, 0.3) is 0 Å². The summed E-state index contributed by atoms with van der Waals surface area (Å²) in [6, 6.07) is 20.7. The minimum Gasteiger partial charge on any atom is -0.473 e. The van der Waals surface area contributed by atoms with Gasteiger partial charge in [-0.2, -0.15) is 4.98 Å². The molecule has 2 aromatic heterocycles. The van der Waals surface area contributed by atoms with E-state index in [1.54, 1.807) is 0 Å². The Labute approximate surface area is 214 Å². The lowest BCUT2D eigenvalue weighted by molar-refractivity contribution is -0.159. The fourth-order valence-corrected chi connectivity index (χ4v) is 3.70. The van der Waals surface area contributed by atoms with E-state index in [1.807, 2.05) is 35.0 Å². The number of halogens is 1. The summed E-state index contributed by atoms with van der Waals surface area (Å²) in [6.07, 6.45) is 3.15. The first-order valence-electron chi connectivity index (χ1n) is 11.3. The minimum absolute atomic E-state index is 0.250. The third kappa shape index (κ3) is 7.35. The standard InChI is InChI=1S/C24H26ClN5.C2H2O4/c1-29(2)15-6-14-26-17-18-9-11-19(12-10-18)22-21-13-16-30(20-7-4-3-5-8-20)23(21)28-24(25)27-22;3-1(4)2(5)6/h3-5,7-13,16,26H,6,14-15,17H2,1-2H3;(H,3,4)(H,5,6). The summed E-state index contributed by atoms with van der Waals surface area (Å²) >= 11 is 6.29. The van der Waals surface area contributed by atoms with Crippen LogP contribution in [0.5, 0.6) is 0 Å². The molecule has 2 aromatic carbocycles. The summed E-state index contributed by atoms with van der Waals surface area (Å²) in [6.45, 7) is 2.96. The zero-order valence-electron chi connectivity index (χ0n) is 20.1. The number of carboxylic acid groups (broad SMARTS) is 2. The maximum atomic E-state index is 9.10. The van der Waals surface area contributed by atoms with Crippen molar-refractivity contribution in [2.24, 2.45) is 0 Å². The fourth-order valence-electron chi connectivity index (χ4n) is 3.54. The third-order valence-corrected chi connectivity index (χ3v) is 5.42. The van der Waals surface area contributed by atoms with Crippen molar-refractivity contribution in [1.29, 1.82) is 0 Å². The Balaban J connectivity index is 0.000000538. The van der Waals surface area contributed by atoms with Crippen LogP contribution in [0.15, 0.2) is 66.9 Å². The van der Waals surface area contributed by atoms with E-state index in [0.717, 1.165) is 54.0 Å². The summed E-state index contributed by atoms with van der Waals surface area (Å²) in [4.78, 5) is 29.4. The predicted molar refractivity (Wildman–Crippen MR) is 139 cm³/mol. The molecular formula is C26H28ClN5O4. The predicted octanol–water partition coefficient (Wildman–Crippen LogP) is 3.94. The van der Waals surface area contributed by atoms with Crippen LogP contribution < -0.4 is 5.32 Å². The van der Waals surface area contributed by atoms with Crippen LogP contribution in [0.1, 0.15) is 12.0 Å². The third-order valence-electron chi connectivity index (χ3n) is 5.25. The van der Waals surface area contributed by atoms with Gasteiger partial charge in [0.2, 0.25) is 5.28 Å². The number of hydrogen-bond donors (Lipinski definition) is 3. The van der Waals surface area contributed by atoms with Gasteiger partial charge in [0.1, 0.15) is 5.65 Å². The number of rotatable bonds is 8. The number of para-hydroxylation sites is 1. The molecule has 0 atom stereocenters. The number of carbonyl (C=O) groups is 2. The molecule has 2 heterocycles. The summed E-state index contributed by atoms with van der Waals surface area (Å²) in [5.74, 6) is -3.65. The summed E-state index contributed by atoms with van der Waals surface area (Å²) in [5, 5.41) is 19.5. The molecule has 0 radical (unpaired) electrons. The fraction of sp³-hybridized carbons (Fsp3) is 0.231. The maximum Gasteiger partial charge on any atom is 0.414 e. The molecule has 4 aromatic rings. The molecule has 36 heavy (non-hydrogen) atoms. The van der Waals surface area contributed by atoms with Crippen LogP contribution in [0.2, 0.25) is 5.28 Å². The molecule has 0 saturated carbocycles. The van der Waals surface area contributed by atoms with Gasteiger partial charge in [-0.1, -0.05) is 42.5 Å². The first-order valence-corrected chi connectivity index (χ1v) is 11.6. The first-order chi connectivity index (χ1) is 17.3. The Morgan fingerprint density at radius 3 is 2.25 bits per heavy atom. The van der Waals surface area contributed by atoms with Crippen molar-refractivity contribution in [2.75, 3.05) is 27.2 Å². The van der Waals surface area contributed by atoms with E-state index in [-0.39, 0.29) is 5.28 Å². The Morgan fingerprint density at radius 2 is 1.64 bits per heavy atom. The molecule has 0 saturated heterocycles. The number of benzene rings is 2. The van der Waals surface area contributed by atoms with Crippen molar-refractivity contribution in [1.82, 2.24) is 24.8 Å². The van der Waals surface area contributed by atoms with Gasteiger partial charge in [-0.3, -0.25) is 0 Å². The largest absolute Gasteiger partial charge is 0.473 e. The average molecular weight is 510 g/mol. The molecular weight excluding hydrogens is 482 g/mol. The minimum atomic E-state index is -1.82. The van der Waals surface area contributed by atoms with Crippen molar-refractivity contribution in [3.63, 3.8) is 0 Å². The molecule has 0 amide bonds. The average Bonchev–Trinajstić information content (AvgIpc) is 3.28. The smallest absolute Gasteiger partial charge is 0.414 e. The van der Waals surface area contributed by atoms with Crippen LogP contribution in [0.4, 0.5) is 0 Å². The van der Waals surface area contributed by atoms with Gasteiger partial charge in [0.15, 0.2) is 0 Å². The highest BCUT2D eigenvalue weighted by atomic mass is 35.5. The van der Waals surface area contributed by atoms with E-state index in [9.17, 15) is 0 Å². The van der Waals surface area contributed by atoms with Crippen molar-refractivity contribution < 1.29 is 19.8 Å². The maximum absolute atomic E-state index is 9.10. The molecule has 4 rings (SSSR count). The molecule has 3 N–H and O–H groups in total. The summed E-state index contributed by atoms with van der Waals surface area (Å²) in [5.41, 5.74) is 4.99. The van der Waals surface area contributed by atoms with E-state index in [1.165, 1.54) is 5.56 Å². The molecule has 0 fully saturated rings. The molecule has 188 valence electrons. The highest BCUT2D eigenvalue weighted by molar-refractivity contribution is 6.29. The van der Waals surface area contributed by atoms with Gasteiger partial charge in [-0.15, -0.1) is 0 Å². The van der Waals surface area contributed by atoms with E-state index < -0.39 is 11.9 Å². The molecule has 9 nitrogen and oxygen atoms in total. The Bertz CT molecular complexity index is 1300. The zero-order chi connectivity index (χ0) is 26.1. The number of hydrogen-bond acceptors (Lipinski definition) is 6. The van der Waals surface area contributed by atoms with Crippen LogP contribution in [0.3, 0.4) is 0 Å². The normalized spacial score (nSPS) is 10.8. The number of nitrogens with zero attached hydrogens (tertiary/aromatic N) is 4. The van der Waals surface area contributed by atoms with Crippen molar-refractivity contribution in [2.45, 2.75) is 13.0 Å². The van der Waals surface area contributed by atoms with Gasteiger partial charge in [0.05, 0.1) is 5.69 Å². The number of fused-ring (bicyclic) bond motifs is 1. The van der Waals surface area contributed by atoms with Gasteiger partial charge in [-0.05, 0) is 69.0 Å². The summed E-state index contributed by atoms with van der Waals surface area (Å²) < 4.78 is 2.04. The van der Waals surface area contributed by atoms with Crippen LogP contribution >= 0.6 is 11.6 Å². The second kappa shape index (κ2) is 12.8. The molecule has 0 spiro atoms. The van der Waals surface area contributed by atoms with Crippen molar-refractivity contribution in [3.05, 3.63) is 77.7 Å². The van der Waals surface area contributed by atoms with Crippen molar-refractivity contribution in [3.8, 4) is 16.9 Å². The Hall–Kier alpha value is -3.79. The zero-order valence-corrected chi connectivity index (χ0v) is 20.8. The van der Waals surface area contributed by atoms with Gasteiger partial charge in [0, 0.05) is 29.4 Å². The monoisotopic (exact) mass is 509 g/mol. The molecule has 0 unspecified atom stereocenters. The van der Waals surface area contributed by atoms with Crippen molar-refractivity contribution >= 4 is 34.6 Å². The van der Waals surface area contributed by atoms with E-state index in [2.05, 4.69) is 70.7 Å². The van der Waals surface area contributed by atoms with E-state index >= 15 is 0 Å². The quantitative estimate of drug-likeness (QED) is 0.185. The lowest BCUT2D eigenvalue weighted by Gasteiger charge is -2.10. The number of carboxylic acids is 2. The number of aromatic nitrogens is 3. The van der Waals surface area contributed by atoms with Crippen LogP contribution in [-0.2, 0) is 16.1 Å². The highest BCUT2D eigenvalue weighted by Crippen LogP contribution is 2.29. The molecule has 0 aliphatic rings. The van der Waals surface area contributed by atoms with Crippen LogP contribution in [-0.4, -0.2) is 68.8 Å². The van der Waals surface area contributed by atoms with Crippen LogP contribution in [0.25, 0.3) is 28.0 Å². The molecule has 0 aliphatic carbocycles. The van der Waals surface area contributed by atoms with E-state index in [4.69, 9.17) is 31.4 Å². The first kappa shape index (κ1) is 26.8. The second-order valence-corrected chi connectivity index (χ2v) is 8.58. The second-order valence-electron chi connectivity index (χ2n) is 8.24.